The minimum absolute atomic E-state index is 0.110. The molecule has 0 bridgehead atoms. The summed E-state index contributed by atoms with van der Waals surface area (Å²) in [6, 6.07) is 13.0. The second kappa shape index (κ2) is 9.11. The topological polar surface area (TPSA) is 90.5 Å². The highest BCUT2D eigenvalue weighted by molar-refractivity contribution is 7.98. The van der Waals surface area contributed by atoms with Crippen LogP contribution in [0.5, 0.6) is 0 Å². The zero-order valence-corrected chi connectivity index (χ0v) is 18.4. The summed E-state index contributed by atoms with van der Waals surface area (Å²) in [5.41, 5.74) is 2.98. The van der Waals surface area contributed by atoms with Crippen LogP contribution < -0.4 is 16.0 Å². The average Bonchev–Trinajstić information content (AvgIpc) is 2.88. The molecule has 2 aromatic rings. The Hall–Kier alpha value is -2.84. The lowest BCUT2D eigenvalue weighted by atomic mass is 9.95. The molecule has 0 saturated carbocycles. The first-order valence-electron chi connectivity index (χ1n) is 10.3. The fraction of sp³-hybridized carbons (Fsp3) is 0.348. The smallest absolute Gasteiger partial charge is 0.256 e. The fourth-order valence-electron chi connectivity index (χ4n) is 4.19. The molecule has 4 rings (SSSR count). The molecular weight excluding hydrogens is 412 g/mol. The Bertz CT molecular complexity index is 1010. The van der Waals surface area contributed by atoms with Crippen LogP contribution in [0.15, 0.2) is 47.4 Å². The summed E-state index contributed by atoms with van der Waals surface area (Å²) in [6.45, 7) is 0.648. The Morgan fingerprint density at radius 3 is 2.61 bits per heavy atom. The van der Waals surface area contributed by atoms with Crippen LogP contribution in [0, 0.1) is 0 Å². The molecule has 3 amide bonds. The summed E-state index contributed by atoms with van der Waals surface area (Å²) < 4.78 is 0. The van der Waals surface area contributed by atoms with Gasteiger partial charge in [0.05, 0.1) is 17.8 Å². The van der Waals surface area contributed by atoms with E-state index in [-0.39, 0.29) is 30.3 Å². The number of carbonyl (C=O) groups excluding carboxylic acids is 3. The van der Waals surface area contributed by atoms with E-state index in [9.17, 15) is 14.4 Å². The largest absolute Gasteiger partial charge is 0.352 e. The minimum atomic E-state index is -0.599. The SMILES string of the molecule is CNCC(=O)N[C@H]1CCN2C(=O)c3cc(-c4ccc(SC)cc4)ccc3NC(=O)[C@@H]2C1. The number of hydrogen-bond donors (Lipinski definition) is 3. The van der Waals surface area contributed by atoms with Crippen LogP contribution in [0.25, 0.3) is 11.1 Å². The molecule has 0 unspecified atom stereocenters. The Balaban J connectivity index is 1.58. The molecule has 2 aliphatic heterocycles. The first kappa shape index (κ1) is 21.4. The molecular formula is C23H26N4O3S. The van der Waals surface area contributed by atoms with E-state index in [1.54, 1.807) is 29.8 Å². The van der Waals surface area contributed by atoms with Crippen molar-refractivity contribution in [2.24, 2.45) is 0 Å². The Labute approximate surface area is 186 Å². The summed E-state index contributed by atoms with van der Waals surface area (Å²) >= 11 is 1.68. The first-order chi connectivity index (χ1) is 15.0. The Morgan fingerprint density at radius 1 is 1.16 bits per heavy atom. The molecule has 2 atom stereocenters. The maximum absolute atomic E-state index is 13.4. The summed E-state index contributed by atoms with van der Waals surface area (Å²) in [6.07, 6.45) is 3.06. The number of amides is 3. The number of nitrogens with zero attached hydrogens (tertiary/aromatic N) is 1. The number of carbonyl (C=O) groups is 3. The van der Waals surface area contributed by atoms with E-state index in [0.29, 0.717) is 30.6 Å². The van der Waals surface area contributed by atoms with Gasteiger partial charge < -0.3 is 20.9 Å². The van der Waals surface area contributed by atoms with Gasteiger partial charge in [0.25, 0.3) is 5.91 Å². The summed E-state index contributed by atoms with van der Waals surface area (Å²) in [7, 11) is 1.71. The maximum atomic E-state index is 13.4. The maximum Gasteiger partial charge on any atom is 0.256 e. The zero-order chi connectivity index (χ0) is 22.0. The van der Waals surface area contributed by atoms with E-state index in [1.807, 2.05) is 30.5 Å². The van der Waals surface area contributed by atoms with Crippen LogP contribution in [0.1, 0.15) is 23.2 Å². The highest BCUT2D eigenvalue weighted by Crippen LogP contribution is 2.32. The van der Waals surface area contributed by atoms with Crippen LogP contribution in [0.2, 0.25) is 0 Å². The third-order valence-electron chi connectivity index (χ3n) is 5.80. The fourth-order valence-corrected chi connectivity index (χ4v) is 4.60. The molecule has 0 aromatic heterocycles. The lowest BCUT2D eigenvalue weighted by molar-refractivity contribution is -0.124. The number of anilines is 1. The predicted molar refractivity (Wildman–Crippen MR) is 122 cm³/mol. The molecule has 0 aliphatic carbocycles. The number of benzene rings is 2. The normalized spacial score (nSPS) is 20.4. The van der Waals surface area contributed by atoms with Crippen molar-refractivity contribution < 1.29 is 14.4 Å². The molecule has 0 radical (unpaired) electrons. The highest BCUT2D eigenvalue weighted by atomic mass is 32.2. The third-order valence-corrected chi connectivity index (χ3v) is 6.54. The van der Waals surface area contributed by atoms with Gasteiger partial charge in [-0.15, -0.1) is 11.8 Å². The number of piperidine rings is 1. The second-order valence-electron chi connectivity index (χ2n) is 7.81. The van der Waals surface area contributed by atoms with Gasteiger partial charge in [0.2, 0.25) is 11.8 Å². The average molecular weight is 439 g/mol. The van der Waals surface area contributed by atoms with E-state index in [1.165, 1.54) is 4.90 Å². The third kappa shape index (κ3) is 4.45. The number of likely N-dealkylation sites (N-methyl/N-ethyl adjacent to an activating group) is 1. The van der Waals surface area contributed by atoms with E-state index in [2.05, 4.69) is 28.1 Å². The zero-order valence-electron chi connectivity index (χ0n) is 17.6. The molecule has 2 heterocycles. The molecule has 8 heteroatoms. The van der Waals surface area contributed by atoms with Gasteiger partial charge in [-0.05, 0) is 61.5 Å². The Kier molecular flexibility index (Phi) is 6.29. The summed E-state index contributed by atoms with van der Waals surface area (Å²) in [5.74, 6) is -0.473. The number of thioether (sulfide) groups is 1. The predicted octanol–water partition coefficient (Wildman–Crippen LogP) is 2.34. The molecule has 1 saturated heterocycles. The van der Waals surface area contributed by atoms with E-state index in [0.717, 1.165) is 11.1 Å². The van der Waals surface area contributed by atoms with E-state index < -0.39 is 6.04 Å². The molecule has 31 heavy (non-hydrogen) atoms. The number of rotatable bonds is 5. The Morgan fingerprint density at radius 2 is 1.90 bits per heavy atom. The standard InChI is InChI=1S/C23H26N4O3S/c1-24-13-21(28)25-16-9-10-27-20(12-16)22(29)26-19-8-5-15(11-18(19)23(27)30)14-3-6-17(31-2)7-4-14/h3-8,11,16,20,24H,9-10,12-13H2,1-2H3,(H,25,28)(H,26,29)/t16-,20-/m0/s1. The van der Waals surface area contributed by atoms with Crippen LogP contribution in [0.3, 0.4) is 0 Å². The first-order valence-corrected chi connectivity index (χ1v) is 11.6. The van der Waals surface area contributed by atoms with Crippen LogP contribution in [0.4, 0.5) is 5.69 Å². The minimum Gasteiger partial charge on any atom is -0.352 e. The monoisotopic (exact) mass is 438 g/mol. The van der Waals surface area contributed by atoms with Crippen molar-refractivity contribution in [2.75, 3.05) is 31.7 Å². The van der Waals surface area contributed by atoms with Crippen molar-refractivity contribution in [1.82, 2.24) is 15.5 Å². The van der Waals surface area contributed by atoms with Crippen molar-refractivity contribution in [3.63, 3.8) is 0 Å². The van der Waals surface area contributed by atoms with Gasteiger partial charge in [0, 0.05) is 17.5 Å². The van der Waals surface area contributed by atoms with Crippen molar-refractivity contribution in [3.05, 3.63) is 48.0 Å². The molecule has 162 valence electrons. The van der Waals surface area contributed by atoms with Crippen molar-refractivity contribution in [3.8, 4) is 11.1 Å². The second-order valence-corrected chi connectivity index (χ2v) is 8.69. The summed E-state index contributed by atoms with van der Waals surface area (Å²) in [4.78, 5) is 41.0. The molecule has 2 aliphatic rings. The van der Waals surface area contributed by atoms with Crippen molar-refractivity contribution in [2.45, 2.75) is 29.8 Å². The van der Waals surface area contributed by atoms with Gasteiger partial charge in [-0.2, -0.15) is 0 Å². The van der Waals surface area contributed by atoms with Gasteiger partial charge in [0.1, 0.15) is 6.04 Å². The van der Waals surface area contributed by atoms with E-state index >= 15 is 0 Å². The van der Waals surface area contributed by atoms with Crippen LogP contribution in [-0.4, -0.2) is 61.1 Å². The van der Waals surface area contributed by atoms with Crippen molar-refractivity contribution >= 4 is 35.2 Å². The lowest BCUT2D eigenvalue weighted by Crippen LogP contribution is -2.55. The number of hydrogen-bond acceptors (Lipinski definition) is 5. The van der Waals surface area contributed by atoms with Crippen LogP contribution >= 0.6 is 11.8 Å². The van der Waals surface area contributed by atoms with Gasteiger partial charge in [-0.1, -0.05) is 18.2 Å². The molecule has 2 aromatic carbocycles. The molecule has 1 fully saturated rings. The quantitative estimate of drug-likeness (QED) is 0.624. The van der Waals surface area contributed by atoms with Gasteiger partial charge >= 0.3 is 0 Å². The molecule has 3 N–H and O–H groups in total. The van der Waals surface area contributed by atoms with E-state index in [4.69, 9.17) is 0 Å². The van der Waals surface area contributed by atoms with Gasteiger partial charge in [0.15, 0.2) is 0 Å². The molecule has 7 nitrogen and oxygen atoms in total. The lowest BCUT2D eigenvalue weighted by Gasteiger charge is -2.37. The van der Waals surface area contributed by atoms with Gasteiger partial charge in [-0.25, -0.2) is 0 Å². The number of fused-ring (bicyclic) bond motifs is 2. The number of nitrogens with one attached hydrogen (secondary N) is 3. The summed E-state index contributed by atoms with van der Waals surface area (Å²) in [5, 5.41) is 8.69. The highest BCUT2D eigenvalue weighted by Gasteiger charge is 2.40. The van der Waals surface area contributed by atoms with Gasteiger partial charge in [-0.3, -0.25) is 14.4 Å². The van der Waals surface area contributed by atoms with Crippen molar-refractivity contribution in [1.29, 1.82) is 0 Å². The molecule has 0 spiro atoms. The van der Waals surface area contributed by atoms with Crippen LogP contribution in [-0.2, 0) is 9.59 Å².